The smallest absolute Gasteiger partial charge is 0.274 e. The van der Waals surface area contributed by atoms with Crippen molar-refractivity contribution in [3.05, 3.63) is 73.8 Å². The molecule has 0 fully saturated rings. The third-order valence-electron chi connectivity index (χ3n) is 2.99. The molecule has 2 aromatic carbocycles. The van der Waals surface area contributed by atoms with E-state index in [9.17, 15) is 10.1 Å². The van der Waals surface area contributed by atoms with Crippen LogP contribution in [-0.2, 0) is 6.42 Å². The molecule has 2 aromatic rings. The minimum Gasteiger partial charge on any atom is -0.324 e. The van der Waals surface area contributed by atoms with Crippen LogP contribution in [0, 0.1) is 10.1 Å². The van der Waals surface area contributed by atoms with Crippen LogP contribution < -0.4 is 5.73 Å². The molecule has 0 bridgehead atoms. The Hall–Kier alpha value is -1.62. The van der Waals surface area contributed by atoms with E-state index in [1.165, 1.54) is 12.1 Å². The molecular formula is C14H12Cl2N2O2. The van der Waals surface area contributed by atoms with E-state index in [0.717, 1.165) is 5.56 Å². The summed E-state index contributed by atoms with van der Waals surface area (Å²) in [6.07, 6.45) is 0.317. The SMILES string of the molecule is NC(Cc1cc(Cl)c(Cl)cc1[N+](=O)[O-])c1ccccc1. The van der Waals surface area contributed by atoms with E-state index in [-0.39, 0.29) is 21.8 Å². The molecule has 0 saturated heterocycles. The van der Waals surface area contributed by atoms with Gasteiger partial charge in [-0.25, -0.2) is 0 Å². The van der Waals surface area contributed by atoms with Gasteiger partial charge in [-0.1, -0.05) is 53.5 Å². The number of hydrogen-bond acceptors (Lipinski definition) is 3. The molecule has 2 N–H and O–H groups in total. The van der Waals surface area contributed by atoms with Crippen LogP contribution >= 0.6 is 23.2 Å². The Morgan fingerprint density at radius 1 is 1.15 bits per heavy atom. The predicted molar refractivity (Wildman–Crippen MR) is 80.2 cm³/mol. The molecule has 104 valence electrons. The molecule has 0 saturated carbocycles. The van der Waals surface area contributed by atoms with Crippen LogP contribution in [-0.4, -0.2) is 4.92 Å². The molecule has 6 heteroatoms. The number of benzene rings is 2. The number of nitro groups is 1. The summed E-state index contributed by atoms with van der Waals surface area (Å²) in [5.41, 5.74) is 7.40. The maximum atomic E-state index is 11.1. The monoisotopic (exact) mass is 310 g/mol. The van der Waals surface area contributed by atoms with Crippen LogP contribution in [0.4, 0.5) is 5.69 Å². The Labute approximate surface area is 126 Å². The summed E-state index contributed by atoms with van der Waals surface area (Å²) < 4.78 is 0. The lowest BCUT2D eigenvalue weighted by molar-refractivity contribution is -0.385. The molecule has 20 heavy (non-hydrogen) atoms. The van der Waals surface area contributed by atoms with Gasteiger partial charge in [-0.3, -0.25) is 10.1 Å². The van der Waals surface area contributed by atoms with Gasteiger partial charge in [0.25, 0.3) is 5.69 Å². The number of hydrogen-bond donors (Lipinski definition) is 1. The molecule has 2 rings (SSSR count). The van der Waals surface area contributed by atoms with Crippen LogP contribution in [0.5, 0.6) is 0 Å². The van der Waals surface area contributed by atoms with Gasteiger partial charge < -0.3 is 5.73 Å². The summed E-state index contributed by atoms with van der Waals surface area (Å²) in [6, 6.07) is 11.8. The Morgan fingerprint density at radius 2 is 1.75 bits per heavy atom. The van der Waals surface area contributed by atoms with Crippen LogP contribution in [0.3, 0.4) is 0 Å². The van der Waals surface area contributed by atoms with Gasteiger partial charge in [-0.05, 0) is 18.1 Å². The lowest BCUT2D eigenvalue weighted by atomic mass is 9.98. The normalized spacial score (nSPS) is 12.2. The Morgan fingerprint density at radius 3 is 2.35 bits per heavy atom. The largest absolute Gasteiger partial charge is 0.324 e. The van der Waals surface area contributed by atoms with Gasteiger partial charge in [0.15, 0.2) is 0 Å². The highest BCUT2D eigenvalue weighted by Crippen LogP contribution is 2.32. The van der Waals surface area contributed by atoms with Crippen LogP contribution in [0.1, 0.15) is 17.2 Å². The Bertz CT molecular complexity index is 633. The van der Waals surface area contributed by atoms with Gasteiger partial charge in [0.2, 0.25) is 0 Å². The summed E-state index contributed by atoms with van der Waals surface area (Å²) in [5, 5.41) is 11.5. The molecule has 0 aliphatic heterocycles. The number of nitrogens with two attached hydrogens (primary N) is 1. The average Bonchev–Trinajstić information content (AvgIpc) is 2.43. The van der Waals surface area contributed by atoms with Crippen molar-refractivity contribution in [2.24, 2.45) is 5.73 Å². The third kappa shape index (κ3) is 3.28. The summed E-state index contributed by atoms with van der Waals surface area (Å²) in [6.45, 7) is 0. The van der Waals surface area contributed by atoms with Crippen molar-refractivity contribution < 1.29 is 4.92 Å². The zero-order valence-corrected chi connectivity index (χ0v) is 11.9. The van der Waals surface area contributed by atoms with Gasteiger partial charge >= 0.3 is 0 Å². The molecule has 0 aliphatic rings. The molecule has 1 atom stereocenters. The maximum absolute atomic E-state index is 11.1. The third-order valence-corrected chi connectivity index (χ3v) is 3.71. The van der Waals surface area contributed by atoms with Gasteiger partial charge in [0, 0.05) is 17.7 Å². The van der Waals surface area contributed by atoms with Gasteiger partial charge in [0.05, 0.1) is 15.0 Å². The Balaban J connectivity index is 2.33. The molecule has 0 radical (unpaired) electrons. The number of halogens is 2. The highest BCUT2D eigenvalue weighted by molar-refractivity contribution is 6.42. The molecular weight excluding hydrogens is 299 g/mol. The van der Waals surface area contributed by atoms with E-state index in [4.69, 9.17) is 28.9 Å². The van der Waals surface area contributed by atoms with Crippen molar-refractivity contribution in [2.45, 2.75) is 12.5 Å². The number of nitrogens with zero attached hydrogens (tertiary/aromatic N) is 1. The molecule has 0 heterocycles. The lowest BCUT2D eigenvalue weighted by Gasteiger charge is -2.13. The number of rotatable bonds is 4. The molecule has 1 unspecified atom stereocenters. The summed E-state index contributed by atoms with van der Waals surface area (Å²) in [4.78, 5) is 10.6. The zero-order valence-electron chi connectivity index (χ0n) is 10.4. The first-order valence-corrected chi connectivity index (χ1v) is 6.67. The topological polar surface area (TPSA) is 69.2 Å². The van der Waals surface area contributed by atoms with Crippen LogP contribution in [0.15, 0.2) is 42.5 Å². The van der Waals surface area contributed by atoms with E-state index in [1.54, 1.807) is 0 Å². The number of nitro benzene ring substituents is 1. The second-order valence-corrected chi connectivity index (χ2v) is 5.19. The van der Waals surface area contributed by atoms with Crippen molar-refractivity contribution in [2.75, 3.05) is 0 Å². The van der Waals surface area contributed by atoms with E-state index in [2.05, 4.69) is 0 Å². The van der Waals surface area contributed by atoms with Crippen LogP contribution in [0.25, 0.3) is 0 Å². The van der Waals surface area contributed by atoms with Crippen molar-refractivity contribution >= 4 is 28.9 Å². The van der Waals surface area contributed by atoms with E-state index in [0.29, 0.717) is 12.0 Å². The van der Waals surface area contributed by atoms with Crippen molar-refractivity contribution in [1.29, 1.82) is 0 Å². The molecule has 0 amide bonds. The van der Waals surface area contributed by atoms with E-state index >= 15 is 0 Å². The van der Waals surface area contributed by atoms with Crippen molar-refractivity contribution in [3.8, 4) is 0 Å². The minimum atomic E-state index is -0.477. The fourth-order valence-electron chi connectivity index (χ4n) is 1.97. The molecule has 0 spiro atoms. The highest BCUT2D eigenvalue weighted by Gasteiger charge is 2.19. The summed E-state index contributed by atoms with van der Waals surface area (Å²) in [5.74, 6) is 0. The van der Waals surface area contributed by atoms with Crippen molar-refractivity contribution in [3.63, 3.8) is 0 Å². The first kappa shape index (κ1) is 14.8. The van der Waals surface area contributed by atoms with E-state index in [1.807, 2.05) is 30.3 Å². The molecule has 4 nitrogen and oxygen atoms in total. The van der Waals surface area contributed by atoms with E-state index < -0.39 is 4.92 Å². The van der Waals surface area contributed by atoms with Gasteiger partial charge in [-0.15, -0.1) is 0 Å². The summed E-state index contributed by atoms with van der Waals surface area (Å²) in [7, 11) is 0. The van der Waals surface area contributed by atoms with Gasteiger partial charge in [0.1, 0.15) is 0 Å². The van der Waals surface area contributed by atoms with Crippen molar-refractivity contribution in [1.82, 2.24) is 0 Å². The standard InChI is InChI=1S/C14H12Cl2N2O2/c15-11-6-10(14(18(19)20)8-12(11)16)7-13(17)9-4-2-1-3-5-9/h1-6,8,13H,7,17H2. The quantitative estimate of drug-likeness (QED) is 0.681. The lowest BCUT2D eigenvalue weighted by Crippen LogP contribution is -2.14. The predicted octanol–water partition coefficient (Wildman–Crippen LogP) is 4.14. The Kier molecular flexibility index (Phi) is 4.60. The fraction of sp³-hybridized carbons (Fsp3) is 0.143. The molecule has 0 aromatic heterocycles. The highest BCUT2D eigenvalue weighted by atomic mass is 35.5. The summed E-state index contributed by atoms with van der Waals surface area (Å²) >= 11 is 11.7. The average molecular weight is 311 g/mol. The second-order valence-electron chi connectivity index (χ2n) is 4.37. The van der Waals surface area contributed by atoms with Gasteiger partial charge in [-0.2, -0.15) is 0 Å². The fourth-order valence-corrected chi connectivity index (χ4v) is 2.31. The second kappa shape index (κ2) is 6.22. The first-order chi connectivity index (χ1) is 9.49. The molecule has 0 aliphatic carbocycles. The maximum Gasteiger partial charge on any atom is 0.274 e. The zero-order chi connectivity index (χ0) is 14.7. The first-order valence-electron chi connectivity index (χ1n) is 5.92. The minimum absolute atomic E-state index is 0.0641. The van der Waals surface area contributed by atoms with Crippen LogP contribution in [0.2, 0.25) is 10.0 Å².